The van der Waals surface area contributed by atoms with E-state index in [1.165, 1.54) is 12.3 Å². The van der Waals surface area contributed by atoms with Crippen molar-refractivity contribution in [1.82, 2.24) is 20.2 Å². The van der Waals surface area contributed by atoms with Crippen LogP contribution in [0.1, 0.15) is 18.9 Å². The number of anilines is 1. The van der Waals surface area contributed by atoms with E-state index in [0.29, 0.717) is 16.8 Å². The highest BCUT2D eigenvalue weighted by Gasteiger charge is 2.25. The molecule has 4 rings (SSSR count). The van der Waals surface area contributed by atoms with Crippen molar-refractivity contribution in [3.8, 4) is 11.3 Å². The smallest absolute Gasteiger partial charge is 0.290 e. The van der Waals surface area contributed by atoms with Gasteiger partial charge in [0.15, 0.2) is 0 Å². The number of hydrogen-bond acceptors (Lipinski definition) is 7. The molecule has 1 aromatic heterocycles. The van der Waals surface area contributed by atoms with Crippen LogP contribution in [0.2, 0.25) is 0 Å². The van der Waals surface area contributed by atoms with Crippen molar-refractivity contribution in [3.05, 3.63) is 46.9 Å². The second kappa shape index (κ2) is 8.93. The fourth-order valence-electron chi connectivity index (χ4n) is 3.56. The summed E-state index contributed by atoms with van der Waals surface area (Å²) in [6.07, 6.45) is 5.85. The molecule has 0 saturated carbocycles. The van der Waals surface area contributed by atoms with E-state index in [1.54, 1.807) is 24.4 Å². The maximum absolute atomic E-state index is 14.6. The molecule has 0 atom stereocenters. The zero-order chi connectivity index (χ0) is 21.1. The second-order valence-electron chi connectivity index (χ2n) is 7.13. The lowest BCUT2D eigenvalue weighted by molar-refractivity contribution is -0.115. The number of carbonyl (C=O) groups is 2. The van der Waals surface area contributed by atoms with Crippen LogP contribution in [-0.2, 0) is 4.79 Å². The summed E-state index contributed by atoms with van der Waals surface area (Å²) in [7, 11) is 0. The predicted molar refractivity (Wildman–Crippen MR) is 115 cm³/mol. The van der Waals surface area contributed by atoms with Gasteiger partial charge >= 0.3 is 0 Å². The lowest BCUT2D eigenvalue weighted by atomic mass is 10.1. The molecule has 0 spiro atoms. The molecule has 1 N–H and O–H groups in total. The fraction of sp³-hybridized carbons (Fsp3) is 0.333. The number of halogens is 1. The Labute approximate surface area is 178 Å². The number of amides is 2. The summed E-state index contributed by atoms with van der Waals surface area (Å²) in [4.78, 5) is 36.9. The van der Waals surface area contributed by atoms with Crippen molar-refractivity contribution in [1.29, 1.82) is 0 Å². The first-order chi connectivity index (χ1) is 14.5. The van der Waals surface area contributed by atoms with Gasteiger partial charge in [0.1, 0.15) is 11.6 Å². The van der Waals surface area contributed by atoms with Gasteiger partial charge < -0.3 is 9.80 Å². The standard InChI is InChI=1S/C21H22FN5O2S/c1-2-26-6-3-7-27(9-8-26)19-13-23-12-17(24-19)15-10-14(4-5-16(15)22)11-18-20(28)25-21(29)30-18/h4-5,10-13H,2-3,6-9H2,1H3,(H,25,28,29)/b18-11+. The van der Waals surface area contributed by atoms with Crippen LogP contribution in [0.25, 0.3) is 17.3 Å². The van der Waals surface area contributed by atoms with Crippen molar-refractivity contribution in [3.63, 3.8) is 0 Å². The van der Waals surface area contributed by atoms with Gasteiger partial charge in [-0.1, -0.05) is 13.0 Å². The molecule has 0 aliphatic carbocycles. The van der Waals surface area contributed by atoms with Crippen LogP contribution in [0.3, 0.4) is 0 Å². The van der Waals surface area contributed by atoms with E-state index in [9.17, 15) is 14.0 Å². The normalized spacial score (nSPS) is 19.3. The number of aromatic nitrogens is 2. The van der Waals surface area contributed by atoms with Gasteiger partial charge in [-0.3, -0.25) is 19.9 Å². The number of nitrogens with one attached hydrogen (secondary N) is 1. The number of hydrogen-bond donors (Lipinski definition) is 1. The van der Waals surface area contributed by atoms with E-state index >= 15 is 0 Å². The zero-order valence-corrected chi connectivity index (χ0v) is 17.4. The SMILES string of the molecule is CCN1CCCN(c2cncc(-c3cc(/C=C4/SC(=O)NC4=O)ccc3F)n2)CC1. The topological polar surface area (TPSA) is 78.4 Å². The molecule has 156 valence electrons. The molecule has 0 radical (unpaired) electrons. The van der Waals surface area contributed by atoms with Crippen molar-refractivity contribution in [2.45, 2.75) is 13.3 Å². The minimum Gasteiger partial charge on any atom is -0.354 e. The Hall–Kier alpha value is -2.78. The molecule has 1 aromatic carbocycles. The fourth-order valence-corrected chi connectivity index (χ4v) is 4.24. The number of imide groups is 1. The van der Waals surface area contributed by atoms with Crippen LogP contribution in [0.15, 0.2) is 35.5 Å². The van der Waals surface area contributed by atoms with Gasteiger partial charge in [0.05, 0.1) is 23.0 Å². The van der Waals surface area contributed by atoms with Gasteiger partial charge in [-0.2, -0.15) is 0 Å². The highest BCUT2D eigenvalue weighted by atomic mass is 32.2. The van der Waals surface area contributed by atoms with E-state index < -0.39 is 17.0 Å². The first-order valence-electron chi connectivity index (χ1n) is 9.87. The monoisotopic (exact) mass is 427 g/mol. The molecule has 0 bridgehead atoms. The van der Waals surface area contributed by atoms with Gasteiger partial charge in [0.2, 0.25) is 0 Å². The molecule has 9 heteroatoms. The minimum atomic E-state index is -0.444. The van der Waals surface area contributed by atoms with Crippen LogP contribution >= 0.6 is 11.8 Å². The molecule has 7 nitrogen and oxygen atoms in total. The van der Waals surface area contributed by atoms with Crippen LogP contribution in [-0.4, -0.2) is 58.7 Å². The van der Waals surface area contributed by atoms with E-state index in [4.69, 9.17) is 0 Å². The maximum atomic E-state index is 14.6. The number of nitrogens with zero attached hydrogens (tertiary/aromatic N) is 4. The minimum absolute atomic E-state index is 0.280. The molecule has 30 heavy (non-hydrogen) atoms. The lowest BCUT2D eigenvalue weighted by Crippen LogP contribution is -2.31. The van der Waals surface area contributed by atoms with Crippen molar-refractivity contribution < 1.29 is 14.0 Å². The summed E-state index contributed by atoms with van der Waals surface area (Å²) >= 11 is 0.829. The van der Waals surface area contributed by atoms with E-state index in [1.807, 2.05) is 0 Å². The van der Waals surface area contributed by atoms with Gasteiger partial charge in [0.25, 0.3) is 11.1 Å². The highest BCUT2D eigenvalue weighted by molar-refractivity contribution is 8.18. The van der Waals surface area contributed by atoms with Crippen LogP contribution < -0.4 is 10.2 Å². The van der Waals surface area contributed by atoms with Crippen LogP contribution in [0.4, 0.5) is 15.0 Å². The summed E-state index contributed by atoms with van der Waals surface area (Å²) in [5.74, 6) is -0.138. The summed E-state index contributed by atoms with van der Waals surface area (Å²) < 4.78 is 14.6. The Morgan fingerprint density at radius 1 is 1.20 bits per heavy atom. The largest absolute Gasteiger partial charge is 0.354 e. The molecule has 2 aliphatic heterocycles. The van der Waals surface area contributed by atoms with Gasteiger partial charge in [0, 0.05) is 25.2 Å². The number of rotatable bonds is 4. The van der Waals surface area contributed by atoms with E-state index in [-0.39, 0.29) is 4.91 Å². The molecule has 3 heterocycles. The van der Waals surface area contributed by atoms with Gasteiger partial charge in [-0.25, -0.2) is 9.37 Å². The van der Waals surface area contributed by atoms with Crippen molar-refractivity contribution in [2.24, 2.45) is 0 Å². The molecule has 2 amide bonds. The second-order valence-corrected chi connectivity index (χ2v) is 8.14. The molecule has 2 fully saturated rings. The number of thioether (sulfide) groups is 1. The van der Waals surface area contributed by atoms with Crippen LogP contribution in [0, 0.1) is 5.82 Å². The Morgan fingerprint density at radius 2 is 2.07 bits per heavy atom. The number of benzene rings is 1. The third kappa shape index (κ3) is 4.52. The Bertz CT molecular complexity index is 1010. The maximum Gasteiger partial charge on any atom is 0.290 e. The highest BCUT2D eigenvalue weighted by Crippen LogP contribution is 2.29. The summed E-state index contributed by atoms with van der Waals surface area (Å²) in [6.45, 7) is 6.92. The van der Waals surface area contributed by atoms with E-state index in [0.717, 1.165) is 56.7 Å². The molecular weight excluding hydrogens is 405 g/mol. The number of likely N-dealkylation sites (N-methyl/N-ethyl adjacent to an activating group) is 1. The average Bonchev–Trinajstić information content (AvgIpc) is 2.94. The molecule has 2 aromatic rings. The Kier molecular flexibility index (Phi) is 6.10. The average molecular weight is 428 g/mol. The third-order valence-corrected chi connectivity index (χ3v) is 6.00. The Balaban J connectivity index is 1.61. The van der Waals surface area contributed by atoms with E-state index in [2.05, 4.69) is 32.0 Å². The lowest BCUT2D eigenvalue weighted by Gasteiger charge is -2.22. The first kappa shape index (κ1) is 20.5. The van der Waals surface area contributed by atoms with Crippen molar-refractivity contribution in [2.75, 3.05) is 37.6 Å². The zero-order valence-electron chi connectivity index (χ0n) is 16.6. The molecule has 2 aliphatic rings. The van der Waals surface area contributed by atoms with Crippen LogP contribution in [0.5, 0.6) is 0 Å². The first-order valence-corrected chi connectivity index (χ1v) is 10.7. The predicted octanol–water partition coefficient (Wildman–Crippen LogP) is 3.14. The number of carbonyl (C=O) groups excluding carboxylic acids is 2. The van der Waals surface area contributed by atoms with Crippen molar-refractivity contribution >= 4 is 34.8 Å². The molecular formula is C21H22FN5O2S. The molecule has 2 saturated heterocycles. The van der Waals surface area contributed by atoms with Gasteiger partial charge in [-0.05, 0) is 55.0 Å². The Morgan fingerprint density at radius 3 is 2.83 bits per heavy atom. The third-order valence-electron chi connectivity index (χ3n) is 5.19. The summed E-state index contributed by atoms with van der Waals surface area (Å²) in [5.41, 5.74) is 1.35. The summed E-state index contributed by atoms with van der Waals surface area (Å²) in [6, 6.07) is 4.52. The summed E-state index contributed by atoms with van der Waals surface area (Å²) in [5, 5.41) is 1.80. The van der Waals surface area contributed by atoms with Gasteiger partial charge in [-0.15, -0.1) is 0 Å². The molecule has 0 unspecified atom stereocenters. The quantitative estimate of drug-likeness (QED) is 0.751.